The van der Waals surface area contributed by atoms with Gasteiger partial charge in [-0.1, -0.05) is 140 Å². The molecule has 0 heterocycles. The zero-order chi connectivity index (χ0) is 39.9. The van der Waals surface area contributed by atoms with E-state index in [1.54, 1.807) is 5.56 Å². The molecule has 0 radical (unpaired) electrons. The van der Waals surface area contributed by atoms with Crippen molar-refractivity contribution in [2.75, 3.05) is 9.80 Å². The molecule has 0 saturated heterocycles. The molecule has 60 heavy (non-hydrogen) atoms. The van der Waals surface area contributed by atoms with Gasteiger partial charge in [-0.3, -0.25) is 0 Å². The van der Waals surface area contributed by atoms with Crippen LogP contribution in [-0.4, -0.2) is 0 Å². The topological polar surface area (TPSA) is 6.48 Å². The van der Waals surface area contributed by atoms with Gasteiger partial charge in [-0.05, 0) is 173 Å². The van der Waals surface area contributed by atoms with Crippen LogP contribution in [0.2, 0.25) is 0 Å². The van der Waals surface area contributed by atoms with E-state index in [0.29, 0.717) is 5.41 Å². The van der Waals surface area contributed by atoms with Gasteiger partial charge in [0.15, 0.2) is 0 Å². The summed E-state index contributed by atoms with van der Waals surface area (Å²) in [6.45, 7) is 0. The van der Waals surface area contributed by atoms with Gasteiger partial charge in [0.25, 0.3) is 0 Å². The fraction of sp³-hybridized carbons (Fsp3) is 0.172. The predicted octanol–water partition coefficient (Wildman–Crippen LogP) is 16.1. The highest BCUT2D eigenvalue weighted by Gasteiger charge is 2.51. The van der Waals surface area contributed by atoms with Crippen LogP contribution in [0.25, 0.3) is 33.4 Å². The Hall–Kier alpha value is -6.64. The molecule has 0 spiro atoms. The molecule has 0 N–H and O–H groups in total. The Labute approximate surface area is 355 Å². The normalized spacial score (nSPS) is 20.2. The second-order valence-corrected chi connectivity index (χ2v) is 17.7. The lowest BCUT2D eigenvalue weighted by atomic mass is 9.48. The Morgan fingerprint density at radius 2 is 0.517 bits per heavy atom. The van der Waals surface area contributed by atoms with E-state index in [4.69, 9.17) is 0 Å². The van der Waals surface area contributed by atoms with Crippen LogP contribution in [0.15, 0.2) is 212 Å². The van der Waals surface area contributed by atoms with Crippen LogP contribution >= 0.6 is 0 Å². The van der Waals surface area contributed by atoms with E-state index >= 15 is 0 Å². The molecule has 2 nitrogen and oxygen atoms in total. The monoisotopic (exact) mass is 774 g/mol. The van der Waals surface area contributed by atoms with Gasteiger partial charge in [0.2, 0.25) is 0 Å². The molecule has 292 valence electrons. The first-order valence-electron chi connectivity index (χ1n) is 21.9. The van der Waals surface area contributed by atoms with Crippen LogP contribution in [0, 0.1) is 17.8 Å². The van der Waals surface area contributed by atoms with Crippen molar-refractivity contribution in [2.24, 2.45) is 17.8 Å². The molecule has 0 atom stereocenters. The molecule has 0 amide bonds. The fourth-order valence-corrected chi connectivity index (χ4v) is 11.4. The van der Waals surface area contributed by atoms with Crippen LogP contribution in [0.1, 0.15) is 44.1 Å². The molecule has 0 aromatic heterocycles. The summed E-state index contributed by atoms with van der Waals surface area (Å²) in [6, 6.07) is 77.5. The summed E-state index contributed by atoms with van der Waals surface area (Å²) in [5, 5.41) is 0. The van der Waals surface area contributed by atoms with Crippen molar-refractivity contribution in [3.05, 3.63) is 218 Å². The summed E-state index contributed by atoms with van der Waals surface area (Å²) in [4.78, 5) is 4.68. The summed E-state index contributed by atoms with van der Waals surface area (Å²) in [5.41, 5.74) is 16.1. The standard InChI is InChI=1S/C58H50N2/c1-4-10-45(11-5-1)47-18-28-55(29-19-47)60(56-32-20-48(21-33-56)46-16-26-51(27-17-46)58-39-42-36-43(40-58)38-44(37-42)41-58)57-34-24-50(25-35-57)49-22-30-54(31-23-49)59(52-12-6-2-7-13-52)53-14-8-3-9-15-53/h1-35,42-44H,36-41H2. The Morgan fingerprint density at radius 3 is 0.833 bits per heavy atom. The zero-order valence-corrected chi connectivity index (χ0v) is 34.1. The Balaban J connectivity index is 0.881. The number of anilines is 6. The summed E-state index contributed by atoms with van der Waals surface area (Å²) in [6.07, 6.45) is 8.68. The highest BCUT2D eigenvalue weighted by atomic mass is 15.1. The molecule has 8 aromatic carbocycles. The molecule has 0 unspecified atom stereocenters. The average molecular weight is 775 g/mol. The number of hydrogen-bond acceptors (Lipinski definition) is 2. The minimum absolute atomic E-state index is 0.429. The summed E-state index contributed by atoms with van der Waals surface area (Å²) >= 11 is 0. The van der Waals surface area contributed by atoms with E-state index in [2.05, 4.69) is 222 Å². The summed E-state index contributed by atoms with van der Waals surface area (Å²) in [7, 11) is 0. The second kappa shape index (κ2) is 15.5. The maximum Gasteiger partial charge on any atom is 0.0462 e. The second-order valence-electron chi connectivity index (χ2n) is 17.7. The smallest absolute Gasteiger partial charge is 0.0462 e. The third-order valence-electron chi connectivity index (χ3n) is 13.8. The number of rotatable bonds is 10. The third-order valence-corrected chi connectivity index (χ3v) is 13.8. The van der Waals surface area contributed by atoms with Crippen molar-refractivity contribution in [1.29, 1.82) is 0 Å². The lowest BCUT2D eigenvalue weighted by molar-refractivity contribution is -0.00518. The van der Waals surface area contributed by atoms with Crippen molar-refractivity contribution >= 4 is 34.1 Å². The van der Waals surface area contributed by atoms with E-state index in [0.717, 1.165) is 51.9 Å². The molecule has 8 aromatic rings. The minimum Gasteiger partial charge on any atom is -0.311 e. The van der Waals surface area contributed by atoms with Gasteiger partial charge in [-0.25, -0.2) is 0 Å². The highest BCUT2D eigenvalue weighted by molar-refractivity contribution is 5.82. The van der Waals surface area contributed by atoms with Gasteiger partial charge in [0.05, 0.1) is 0 Å². The van der Waals surface area contributed by atoms with E-state index in [-0.39, 0.29) is 0 Å². The third kappa shape index (κ3) is 7.01. The van der Waals surface area contributed by atoms with Crippen LogP contribution in [0.4, 0.5) is 34.1 Å². The van der Waals surface area contributed by atoms with Gasteiger partial charge < -0.3 is 9.80 Å². The number of benzene rings is 8. The van der Waals surface area contributed by atoms with Gasteiger partial charge in [-0.15, -0.1) is 0 Å². The first-order chi connectivity index (χ1) is 29.6. The predicted molar refractivity (Wildman–Crippen MR) is 252 cm³/mol. The molecule has 2 heteroatoms. The number of nitrogens with zero attached hydrogens (tertiary/aromatic N) is 2. The first-order valence-corrected chi connectivity index (χ1v) is 21.9. The van der Waals surface area contributed by atoms with Crippen molar-refractivity contribution in [3.63, 3.8) is 0 Å². The minimum atomic E-state index is 0.429. The molecule has 4 fully saturated rings. The molecule has 4 saturated carbocycles. The number of para-hydroxylation sites is 2. The van der Waals surface area contributed by atoms with Gasteiger partial charge >= 0.3 is 0 Å². The molecular formula is C58H50N2. The van der Waals surface area contributed by atoms with Crippen molar-refractivity contribution < 1.29 is 0 Å². The van der Waals surface area contributed by atoms with Gasteiger partial charge in [0, 0.05) is 34.1 Å². The largest absolute Gasteiger partial charge is 0.311 e. The SMILES string of the molecule is c1ccc(-c2ccc(N(c3ccc(-c4ccc(N(c5ccccc5)c5ccccc5)cc4)cc3)c3ccc(-c4ccc(C56CC7CC(CC(C7)C5)C6)cc4)cc3)cc2)cc1. The molecule has 12 rings (SSSR count). The lowest BCUT2D eigenvalue weighted by Gasteiger charge is -2.57. The van der Waals surface area contributed by atoms with Gasteiger partial charge in [0.1, 0.15) is 0 Å². The molecule has 4 aliphatic rings. The van der Waals surface area contributed by atoms with E-state index in [1.165, 1.54) is 71.9 Å². The number of hydrogen-bond donors (Lipinski definition) is 0. The van der Waals surface area contributed by atoms with Crippen LogP contribution in [0.3, 0.4) is 0 Å². The molecule has 0 aliphatic heterocycles. The Bertz CT molecular complexity index is 2590. The van der Waals surface area contributed by atoms with Crippen molar-refractivity contribution in [2.45, 2.75) is 43.9 Å². The lowest BCUT2D eigenvalue weighted by Crippen LogP contribution is -2.48. The van der Waals surface area contributed by atoms with Gasteiger partial charge in [-0.2, -0.15) is 0 Å². The van der Waals surface area contributed by atoms with E-state index < -0.39 is 0 Å². The van der Waals surface area contributed by atoms with Crippen LogP contribution in [-0.2, 0) is 5.41 Å². The molecule has 4 aliphatic carbocycles. The fourth-order valence-electron chi connectivity index (χ4n) is 11.4. The summed E-state index contributed by atoms with van der Waals surface area (Å²) in [5.74, 6) is 2.88. The summed E-state index contributed by atoms with van der Waals surface area (Å²) < 4.78 is 0. The van der Waals surface area contributed by atoms with E-state index in [9.17, 15) is 0 Å². The molecular weight excluding hydrogens is 725 g/mol. The van der Waals surface area contributed by atoms with Crippen molar-refractivity contribution in [3.8, 4) is 33.4 Å². The van der Waals surface area contributed by atoms with E-state index in [1.807, 2.05) is 0 Å². The zero-order valence-electron chi connectivity index (χ0n) is 34.1. The molecule has 4 bridgehead atoms. The highest BCUT2D eigenvalue weighted by Crippen LogP contribution is 2.60. The quantitative estimate of drug-likeness (QED) is 0.137. The van der Waals surface area contributed by atoms with Crippen LogP contribution < -0.4 is 9.80 Å². The average Bonchev–Trinajstić information content (AvgIpc) is 3.31. The Morgan fingerprint density at radius 1 is 0.267 bits per heavy atom. The van der Waals surface area contributed by atoms with Crippen LogP contribution in [0.5, 0.6) is 0 Å². The Kier molecular flexibility index (Phi) is 9.42. The maximum absolute atomic E-state index is 2.47. The first kappa shape index (κ1) is 36.4. The maximum atomic E-state index is 2.47. The van der Waals surface area contributed by atoms with Crippen molar-refractivity contribution in [1.82, 2.24) is 0 Å².